The summed E-state index contributed by atoms with van der Waals surface area (Å²) in [5.74, 6) is -0.261. The summed E-state index contributed by atoms with van der Waals surface area (Å²) in [6.45, 7) is 2.91. The topological polar surface area (TPSA) is 54.1 Å². The Morgan fingerprint density at radius 1 is 1.24 bits per heavy atom. The van der Waals surface area contributed by atoms with Crippen LogP contribution in [-0.4, -0.2) is 17.5 Å². The van der Waals surface area contributed by atoms with E-state index in [9.17, 15) is 4.79 Å². The van der Waals surface area contributed by atoms with Crippen LogP contribution in [0.25, 0.3) is 10.9 Å². The van der Waals surface area contributed by atoms with Gasteiger partial charge in [0.1, 0.15) is 6.61 Å². The Balaban J connectivity index is 1.66. The van der Waals surface area contributed by atoms with Crippen LogP contribution in [0.15, 0.2) is 53.0 Å². The summed E-state index contributed by atoms with van der Waals surface area (Å²) in [7, 11) is 0. The van der Waals surface area contributed by atoms with Crippen molar-refractivity contribution < 1.29 is 9.53 Å². The molecule has 1 atom stereocenters. The molecule has 0 bridgehead atoms. The zero-order valence-corrected chi connectivity index (χ0v) is 15.5. The van der Waals surface area contributed by atoms with E-state index in [-0.39, 0.29) is 12.6 Å². The number of ether oxygens (including phenoxy) is 1. The second-order valence-electron chi connectivity index (χ2n) is 6.53. The van der Waals surface area contributed by atoms with Crippen molar-refractivity contribution in [3.05, 3.63) is 69.8 Å². The molecule has 0 amide bonds. The second kappa shape index (κ2) is 6.32. The molecule has 2 heterocycles. The fourth-order valence-corrected chi connectivity index (χ4v) is 3.84. The molecule has 128 valence electrons. The molecule has 25 heavy (non-hydrogen) atoms. The standard InChI is InChI=1S/C20H19BrN2O2/c1-20(19(24)25-12-13-5-3-2-4-6-13)18-16(9-10-22-20)15-8-7-14(21)11-17(15)23-18/h2-8,11,22-23H,9-10,12H2,1H3. The maximum atomic E-state index is 12.9. The third kappa shape index (κ3) is 2.87. The Morgan fingerprint density at radius 3 is 2.84 bits per heavy atom. The second-order valence-corrected chi connectivity index (χ2v) is 7.45. The molecule has 4 nitrogen and oxygen atoms in total. The average molecular weight is 399 g/mol. The van der Waals surface area contributed by atoms with E-state index >= 15 is 0 Å². The van der Waals surface area contributed by atoms with E-state index in [1.165, 1.54) is 10.9 Å². The molecule has 0 aliphatic carbocycles. The van der Waals surface area contributed by atoms with Gasteiger partial charge in [0.2, 0.25) is 0 Å². The van der Waals surface area contributed by atoms with Crippen molar-refractivity contribution in [1.29, 1.82) is 0 Å². The molecule has 0 saturated carbocycles. The number of nitrogens with one attached hydrogen (secondary N) is 2. The summed E-state index contributed by atoms with van der Waals surface area (Å²) < 4.78 is 6.63. The van der Waals surface area contributed by atoms with Gasteiger partial charge < -0.3 is 9.72 Å². The number of halogens is 1. The number of carbonyl (C=O) groups is 1. The number of fused-ring (bicyclic) bond motifs is 3. The lowest BCUT2D eigenvalue weighted by Gasteiger charge is -2.32. The van der Waals surface area contributed by atoms with Gasteiger partial charge in [-0.2, -0.15) is 0 Å². The van der Waals surface area contributed by atoms with Crippen LogP contribution in [0.2, 0.25) is 0 Å². The van der Waals surface area contributed by atoms with Crippen molar-refractivity contribution in [3.8, 4) is 0 Å². The molecule has 1 aliphatic rings. The lowest BCUT2D eigenvalue weighted by atomic mass is 9.88. The Hall–Kier alpha value is -2.11. The van der Waals surface area contributed by atoms with E-state index in [0.29, 0.717) is 0 Å². The van der Waals surface area contributed by atoms with Gasteiger partial charge in [-0.3, -0.25) is 5.32 Å². The molecular weight excluding hydrogens is 380 g/mol. The van der Waals surface area contributed by atoms with Gasteiger partial charge in [0, 0.05) is 21.9 Å². The van der Waals surface area contributed by atoms with Crippen LogP contribution in [-0.2, 0) is 28.1 Å². The lowest BCUT2D eigenvalue weighted by Crippen LogP contribution is -2.51. The van der Waals surface area contributed by atoms with Crippen molar-refractivity contribution in [1.82, 2.24) is 10.3 Å². The maximum absolute atomic E-state index is 12.9. The number of esters is 1. The SMILES string of the molecule is CC1(C(=O)OCc2ccccc2)NCCc2c1[nH]c1cc(Br)ccc21. The molecule has 2 aromatic carbocycles. The van der Waals surface area contributed by atoms with Crippen molar-refractivity contribution in [2.45, 2.75) is 25.5 Å². The first-order chi connectivity index (χ1) is 12.1. The molecule has 0 spiro atoms. The summed E-state index contributed by atoms with van der Waals surface area (Å²) in [5, 5.41) is 4.51. The van der Waals surface area contributed by atoms with Gasteiger partial charge in [-0.05, 0) is 36.6 Å². The van der Waals surface area contributed by atoms with Gasteiger partial charge >= 0.3 is 5.97 Å². The molecule has 0 saturated heterocycles. The first-order valence-corrected chi connectivity index (χ1v) is 9.14. The van der Waals surface area contributed by atoms with Crippen molar-refractivity contribution in [2.24, 2.45) is 0 Å². The van der Waals surface area contributed by atoms with Crippen molar-refractivity contribution in [2.75, 3.05) is 6.54 Å². The van der Waals surface area contributed by atoms with Crippen LogP contribution < -0.4 is 5.32 Å². The minimum absolute atomic E-state index is 0.261. The third-order valence-electron chi connectivity index (χ3n) is 4.84. The number of hydrogen-bond acceptors (Lipinski definition) is 3. The number of benzene rings is 2. The Labute approximate surface area is 154 Å². The van der Waals surface area contributed by atoms with Gasteiger partial charge in [-0.25, -0.2) is 4.79 Å². The number of rotatable bonds is 3. The first-order valence-electron chi connectivity index (χ1n) is 8.35. The Bertz CT molecular complexity index is 936. The molecule has 5 heteroatoms. The molecule has 0 fully saturated rings. The van der Waals surface area contributed by atoms with Crippen LogP contribution in [0.5, 0.6) is 0 Å². The van der Waals surface area contributed by atoms with Crippen molar-refractivity contribution >= 4 is 32.8 Å². The zero-order chi connectivity index (χ0) is 17.4. The number of hydrogen-bond donors (Lipinski definition) is 2. The zero-order valence-electron chi connectivity index (χ0n) is 13.9. The highest BCUT2D eigenvalue weighted by Gasteiger charge is 2.42. The fourth-order valence-electron chi connectivity index (χ4n) is 3.48. The van der Waals surface area contributed by atoms with Gasteiger partial charge in [-0.15, -0.1) is 0 Å². The molecular formula is C20H19BrN2O2. The highest BCUT2D eigenvalue weighted by Crippen LogP contribution is 2.35. The Morgan fingerprint density at radius 2 is 2.04 bits per heavy atom. The minimum Gasteiger partial charge on any atom is -0.459 e. The predicted octanol–water partition coefficient (Wildman–Crippen LogP) is 4.03. The highest BCUT2D eigenvalue weighted by molar-refractivity contribution is 9.10. The first kappa shape index (κ1) is 16.4. The maximum Gasteiger partial charge on any atom is 0.332 e. The van der Waals surface area contributed by atoms with Crippen LogP contribution >= 0.6 is 15.9 Å². The van der Waals surface area contributed by atoms with Gasteiger partial charge in [0.15, 0.2) is 5.54 Å². The number of aromatic nitrogens is 1. The molecule has 1 aliphatic heterocycles. The molecule has 1 aromatic heterocycles. The van der Waals surface area contributed by atoms with E-state index in [4.69, 9.17) is 4.74 Å². The van der Waals surface area contributed by atoms with E-state index in [0.717, 1.165) is 34.2 Å². The van der Waals surface area contributed by atoms with Crippen LogP contribution in [0.1, 0.15) is 23.7 Å². The van der Waals surface area contributed by atoms with Crippen LogP contribution in [0, 0.1) is 0 Å². The third-order valence-corrected chi connectivity index (χ3v) is 5.34. The quantitative estimate of drug-likeness (QED) is 0.654. The highest BCUT2D eigenvalue weighted by atomic mass is 79.9. The summed E-state index contributed by atoms with van der Waals surface area (Å²) in [6, 6.07) is 15.9. The normalized spacial score (nSPS) is 19.6. The van der Waals surface area contributed by atoms with E-state index in [1.54, 1.807) is 0 Å². The average Bonchev–Trinajstić information content (AvgIpc) is 3.00. The molecule has 2 N–H and O–H groups in total. The minimum atomic E-state index is -0.867. The van der Waals surface area contributed by atoms with Crippen molar-refractivity contribution in [3.63, 3.8) is 0 Å². The summed E-state index contributed by atoms with van der Waals surface area (Å²) in [5.41, 5.74) is 3.25. The largest absolute Gasteiger partial charge is 0.459 e. The number of aromatic amines is 1. The summed E-state index contributed by atoms with van der Waals surface area (Å²) >= 11 is 3.51. The van der Waals surface area contributed by atoms with Gasteiger partial charge in [-0.1, -0.05) is 52.3 Å². The monoisotopic (exact) mass is 398 g/mol. The predicted molar refractivity (Wildman–Crippen MR) is 101 cm³/mol. The van der Waals surface area contributed by atoms with Gasteiger partial charge in [0.25, 0.3) is 0 Å². The molecule has 1 unspecified atom stereocenters. The lowest BCUT2D eigenvalue weighted by molar-refractivity contribution is -0.153. The molecule has 0 radical (unpaired) electrons. The fraction of sp³-hybridized carbons (Fsp3) is 0.250. The van der Waals surface area contributed by atoms with Crippen LogP contribution in [0.3, 0.4) is 0 Å². The number of carbonyl (C=O) groups excluding carboxylic acids is 1. The van der Waals surface area contributed by atoms with E-state index in [2.05, 4.69) is 32.3 Å². The van der Waals surface area contributed by atoms with E-state index < -0.39 is 5.54 Å². The molecule has 4 rings (SSSR count). The van der Waals surface area contributed by atoms with Gasteiger partial charge in [0.05, 0.1) is 5.69 Å². The summed E-state index contributed by atoms with van der Waals surface area (Å²) in [6.07, 6.45) is 0.887. The summed E-state index contributed by atoms with van der Waals surface area (Å²) in [4.78, 5) is 16.3. The Kier molecular flexibility index (Phi) is 4.13. The number of H-pyrrole nitrogens is 1. The molecule has 3 aromatic rings. The smallest absolute Gasteiger partial charge is 0.332 e. The van der Waals surface area contributed by atoms with E-state index in [1.807, 2.05) is 49.4 Å². The van der Waals surface area contributed by atoms with Crippen LogP contribution in [0.4, 0.5) is 0 Å².